The molecule has 5 rings (SSSR count). The van der Waals surface area contributed by atoms with Gasteiger partial charge in [0.2, 0.25) is 0 Å². The van der Waals surface area contributed by atoms with Crippen LogP contribution in [0.4, 0.5) is 4.79 Å². The molecule has 7 nitrogen and oxygen atoms in total. The molecule has 1 heterocycles. The summed E-state index contributed by atoms with van der Waals surface area (Å²) < 4.78 is 17.4. The number of para-hydroxylation sites is 1. The van der Waals surface area contributed by atoms with Gasteiger partial charge in [0.15, 0.2) is 0 Å². The Morgan fingerprint density at radius 1 is 0.789 bits per heavy atom. The molecular weight excluding hydrogens is 482 g/mol. The summed E-state index contributed by atoms with van der Waals surface area (Å²) in [6.07, 6.45) is -1.40. The van der Waals surface area contributed by atoms with Crippen LogP contribution in [0.25, 0.3) is 10.8 Å². The second-order valence-corrected chi connectivity index (χ2v) is 9.19. The van der Waals surface area contributed by atoms with E-state index in [2.05, 4.69) is 0 Å². The first-order valence-electron chi connectivity index (χ1n) is 12.6. The second kappa shape index (κ2) is 11.7. The molecule has 4 aromatic rings. The van der Waals surface area contributed by atoms with E-state index < -0.39 is 18.2 Å². The van der Waals surface area contributed by atoms with Gasteiger partial charge in [-0.3, -0.25) is 0 Å². The van der Waals surface area contributed by atoms with Gasteiger partial charge in [0.25, 0.3) is 0 Å². The van der Waals surface area contributed by atoms with Gasteiger partial charge in [0.1, 0.15) is 36.9 Å². The molecule has 1 saturated heterocycles. The molecule has 1 amide bonds. The van der Waals surface area contributed by atoms with Crippen LogP contribution in [0.3, 0.4) is 0 Å². The molecule has 0 spiro atoms. The zero-order chi connectivity index (χ0) is 26.3. The van der Waals surface area contributed by atoms with Gasteiger partial charge in [0, 0.05) is 12.5 Å². The quantitative estimate of drug-likeness (QED) is 0.253. The lowest BCUT2D eigenvalue weighted by Gasteiger charge is -2.39. The highest BCUT2D eigenvalue weighted by Crippen LogP contribution is 2.32. The minimum absolute atomic E-state index is 0.0569. The van der Waals surface area contributed by atoms with E-state index >= 15 is 0 Å². The van der Waals surface area contributed by atoms with Crippen molar-refractivity contribution in [2.24, 2.45) is 0 Å². The summed E-state index contributed by atoms with van der Waals surface area (Å²) in [7, 11) is 0. The minimum atomic E-state index is -1.27. The normalized spacial score (nSPS) is 17.1. The molecule has 7 heteroatoms. The Kier molecular flexibility index (Phi) is 7.73. The van der Waals surface area contributed by atoms with Crippen molar-refractivity contribution in [3.8, 4) is 11.5 Å². The molecule has 1 aliphatic rings. The van der Waals surface area contributed by atoms with Crippen molar-refractivity contribution in [3.63, 3.8) is 0 Å². The van der Waals surface area contributed by atoms with Gasteiger partial charge in [-0.05, 0) is 59.2 Å². The molecule has 0 N–H and O–H groups in total. The zero-order valence-corrected chi connectivity index (χ0v) is 20.8. The lowest BCUT2D eigenvalue weighted by atomic mass is 9.87. The van der Waals surface area contributed by atoms with E-state index in [1.807, 2.05) is 84.9 Å². The van der Waals surface area contributed by atoms with Crippen LogP contribution in [-0.2, 0) is 4.74 Å². The van der Waals surface area contributed by atoms with Crippen molar-refractivity contribution < 1.29 is 28.9 Å². The zero-order valence-electron chi connectivity index (χ0n) is 20.8. The Bertz CT molecular complexity index is 1390. The van der Waals surface area contributed by atoms with E-state index in [0.717, 1.165) is 22.1 Å². The third-order valence-electron chi connectivity index (χ3n) is 6.73. The monoisotopic (exact) mass is 510 g/mol. The summed E-state index contributed by atoms with van der Waals surface area (Å²) in [6.45, 7) is 1.18. The van der Waals surface area contributed by atoms with E-state index in [9.17, 15) is 14.7 Å². The first-order valence-corrected chi connectivity index (χ1v) is 12.6. The molecule has 0 bridgehead atoms. The summed E-state index contributed by atoms with van der Waals surface area (Å²) in [6, 6.07) is 30.3. The van der Waals surface area contributed by atoms with Gasteiger partial charge in [-0.15, -0.1) is 0 Å². The van der Waals surface area contributed by atoms with Crippen molar-refractivity contribution in [2.75, 3.05) is 26.3 Å². The molecule has 0 aromatic heterocycles. The van der Waals surface area contributed by atoms with Crippen molar-refractivity contribution in [3.05, 3.63) is 108 Å². The maximum absolute atomic E-state index is 13.1. The van der Waals surface area contributed by atoms with E-state index in [-0.39, 0.29) is 12.5 Å². The molecular formula is C31H28NO6-. The fourth-order valence-corrected chi connectivity index (χ4v) is 4.75. The van der Waals surface area contributed by atoms with Crippen LogP contribution >= 0.6 is 0 Å². The van der Waals surface area contributed by atoms with E-state index in [4.69, 9.17) is 14.2 Å². The van der Waals surface area contributed by atoms with E-state index in [1.165, 1.54) is 4.90 Å². The number of carbonyl (C=O) groups excluding carboxylic acids is 2. The standard InChI is InChI=1S/C31H29NO6/c33-30(25-11-10-22-6-4-5-7-24(22)20-25)38-29-21-32(31(34)35)17-16-28(29)23-12-14-27(15-13-23)37-19-18-36-26-8-2-1-3-9-26/h1-15,20,28-29H,16-19,21H2,(H,34,35)/p-1. The average Bonchev–Trinajstić information content (AvgIpc) is 2.96. The van der Waals surface area contributed by atoms with E-state index in [0.29, 0.717) is 37.5 Å². The molecule has 4 aromatic carbocycles. The van der Waals surface area contributed by atoms with Crippen molar-refractivity contribution in [1.29, 1.82) is 0 Å². The van der Waals surface area contributed by atoms with Crippen LogP contribution < -0.4 is 14.6 Å². The summed E-state index contributed by atoms with van der Waals surface area (Å²) in [5.74, 6) is 0.843. The molecule has 1 fully saturated rings. The smallest absolute Gasteiger partial charge is 0.338 e. The number of carbonyl (C=O) groups is 2. The number of piperidine rings is 1. The molecule has 2 unspecified atom stereocenters. The first-order chi connectivity index (χ1) is 18.6. The fourth-order valence-electron chi connectivity index (χ4n) is 4.75. The molecule has 0 radical (unpaired) electrons. The number of likely N-dealkylation sites (tertiary alicyclic amines) is 1. The number of nitrogens with zero attached hydrogens (tertiary/aromatic N) is 1. The number of fused-ring (bicyclic) bond motifs is 1. The van der Waals surface area contributed by atoms with Gasteiger partial charge in [-0.2, -0.15) is 0 Å². The first kappa shape index (κ1) is 25.1. The van der Waals surface area contributed by atoms with Crippen LogP contribution in [0, 0.1) is 0 Å². The van der Waals surface area contributed by atoms with Crippen LogP contribution in [0.15, 0.2) is 97.1 Å². The summed E-state index contributed by atoms with van der Waals surface area (Å²) >= 11 is 0. The minimum Gasteiger partial charge on any atom is -0.530 e. The topological polar surface area (TPSA) is 88.1 Å². The molecule has 1 aliphatic heterocycles. The predicted octanol–water partition coefficient (Wildman–Crippen LogP) is 4.66. The maximum atomic E-state index is 13.1. The lowest BCUT2D eigenvalue weighted by Crippen LogP contribution is -2.51. The van der Waals surface area contributed by atoms with Crippen LogP contribution in [0.5, 0.6) is 11.5 Å². The molecule has 0 saturated carbocycles. The fraction of sp³-hybridized carbons (Fsp3) is 0.226. The highest BCUT2D eigenvalue weighted by atomic mass is 16.5. The Hall–Kier alpha value is -4.52. The SMILES string of the molecule is O=C(OC1CN(C(=O)[O-])CCC1c1ccc(OCCOc2ccccc2)cc1)c1ccc2ccccc2c1. The highest BCUT2D eigenvalue weighted by Gasteiger charge is 2.33. The van der Waals surface area contributed by atoms with E-state index in [1.54, 1.807) is 12.1 Å². The Morgan fingerprint density at radius 2 is 1.45 bits per heavy atom. The molecule has 2 atom stereocenters. The van der Waals surface area contributed by atoms with Gasteiger partial charge in [-0.1, -0.05) is 60.7 Å². The number of amides is 1. The van der Waals surface area contributed by atoms with Crippen molar-refractivity contribution >= 4 is 22.8 Å². The van der Waals surface area contributed by atoms with Crippen LogP contribution in [0.1, 0.15) is 28.3 Å². The number of benzene rings is 4. The second-order valence-electron chi connectivity index (χ2n) is 9.19. The molecule has 194 valence electrons. The summed E-state index contributed by atoms with van der Waals surface area (Å²) in [5.41, 5.74) is 1.38. The third-order valence-corrected chi connectivity index (χ3v) is 6.73. The molecule has 0 aliphatic carbocycles. The van der Waals surface area contributed by atoms with Crippen LogP contribution in [0.2, 0.25) is 0 Å². The Balaban J connectivity index is 1.24. The maximum Gasteiger partial charge on any atom is 0.338 e. The summed E-state index contributed by atoms with van der Waals surface area (Å²) in [4.78, 5) is 25.8. The predicted molar refractivity (Wildman–Crippen MR) is 141 cm³/mol. The van der Waals surface area contributed by atoms with Gasteiger partial charge in [0.05, 0.1) is 12.1 Å². The third kappa shape index (κ3) is 6.06. The lowest BCUT2D eigenvalue weighted by molar-refractivity contribution is -0.268. The molecule has 38 heavy (non-hydrogen) atoms. The number of rotatable bonds is 8. The summed E-state index contributed by atoms with van der Waals surface area (Å²) in [5, 5.41) is 13.5. The number of hydrogen-bond acceptors (Lipinski definition) is 6. The number of carboxylic acid groups (broad SMARTS) is 1. The van der Waals surface area contributed by atoms with Crippen LogP contribution in [-0.4, -0.2) is 49.4 Å². The number of hydrogen-bond donors (Lipinski definition) is 0. The average molecular weight is 511 g/mol. The van der Waals surface area contributed by atoms with Gasteiger partial charge >= 0.3 is 5.97 Å². The number of esters is 1. The highest BCUT2D eigenvalue weighted by molar-refractivity contribution is 5.95. The van der Waals surface area contributed by atoms with Crippen molar-refractivity contribution in [2.45, 2.75) is 18.4 Å². The van der Waals surface area contributed by atoms with Crippen molar-refractivity contribution in [1.82, 2.24) is 4.90 Å². The van der Waals surface area contributed by atoms with Gasteiger partial charge in [-0.25, -0.2) is 4.79 Å². The Labute approximate surface area is 221 Å². The van der Waals surface area contributed by atoms with Gasteiger partial charge < -0.3 is 29.0 Å². The Morgan fingerprint density at radius 3 is 2.16 bits per heavy atom. The number of ether oxygens (including phenoxy) is 3. The largest absolute Gasteiger partial charge is 0.530 e.